The van der Waals surface area contributed by atoms with E-state index < -0.39 is 0 Å². The van der Waals surface area contributed by atoms with E-state index in [0.29, 0.717) is 5.92 Å². The zero-order valence-corrected chi connectivity index (χ0v) is 12.4. The Morgan fingerprint density at radius 2 is 1.95 bits per heavy atom. The molecule has 0 aromatic heterocycles. The summed E-state index contributed by atoms with van der Waals surface area (Å²) in [5.74, 6) is 1.29. The van der Waals surface area contributed by atoms with Crippen LogP contribution in [-0.4, -0.2) is 11.2 Å². The molecule has 0 heterocycles. The third-order valence-corrected chi connectivity index (χ3v) is 4.96. The van der Waals surface area contributed by atoms with Crippen molar-refractivity contribution in [3.8, 4) is 0 Å². The highest BCUT2D eigenvalue weighted by atomic mass is 16.3. The average Bonchev–Trinajstić information content (AvgIpc) is 2.46. The number of benzene rings is 1. The lowest BCUT2D eigenvalue weighted by atomic mass is 9.74. The highest BCUT2D eigenvalue weighted by Gasteiger charge is 2.29. The second kappa shape index (κ2) is 7.09. The molecule has 1 saturated carbocycles. The van der Waals surface area contributed by atoms with Crippen LogP contribution in [0, 0.1) is 18.8 Å². The van der Waals surface area contributed by atoms with Crippen molar-refractivity contribution in [2.24, 2.45) is 11.8 Å². The van der Waals surface area contributed by atoms with E-state index in [0.717, 1.165) is 18.8 Å². The first-order valence-corrected chi connectivity index (χ1v) is 7.95. The van der Waals surface area contributed by atoms with Crippen LogP contribution in [0.25, 0.3) is 0 Å². The fourth-order valence-corrected chi connectivity index (χ4v) is 3.66. The molecule has 0 radical (unpaired) electrons. The fraction of sp³-hybridized carbons (Fsp3) is 0.667. The predicted octanol–water partition coefficient (Wildman–Crippen LogP) is 4.50. The maximum absolute atomic E-state index is 10.5. The van der Waals surface area contributed by atoms with Crippen LogP contribution in [0.4, 0.5) is 0 Å². The van der Waals surface area contributed by atoms with Gasteiger partial charge in [0, 0.05) is 0 Å². The zero-order chi connectivity index (χ0) is 13.7. The zero-order valence-electron chi connectivity index (χ0n) is 12.4. The second-order valence-electron chi connectivity index (χ2n) is 6.15. The van der Waals surface area contributed by atoms with Gasteiger partial charge in [0.15, 0.2) is 0 Å². The van der Waals surface area contributed by atoms with Crippen molar-refractivity contribution in [3.05, 3.63) is 35.4 Å². The maximum atomic E-state index is 10.5. The molecule has 1 nitrogen and oxygen atoms in total. The largest absolute Gasteiger partial charge is 0.393 e. The molecule has 1 fully saturated rings. The summed E-state index contributed by atoms with van der Waals surface area (Å²) in [4.78, 5) is 0. The first-order chi connectivity index (χ1) is 9.22. The van der Waals surface area contributed by atoms with Crippen LogP contribution in [0.5, 0.6) is 0 Å². The third-order valence-electron chi connectivity index (χ3n) is 4.96. The Hall–Kier alpha value is -0.820. The summed E-state index contributed by atoms with van der Waals surface area (Å²) >= 11 is 0. The van der Waals surface area contributed by atoms with Crippen molar-refractivity contribution >= 4 is 0 Å². The highest BCUT2D eigenvalue weighted by Crippen LogP contribution is 2.35. The minimum absolute atomic E-state index is 0.107. The van der Waals surface area contributed by atoms with Gasteiger partial charge in [-0.1, -0.05) is 56.9 Å². The van der Waals surface area contributed by atoms with Crippen molar-refractivity contribution in [2.45, 2.75) is 64.9 Å². The van der Waals surface area contributed by atoms with Crippen molar-refractivity contribution in [2.75, 3.05) is 0 Å². The Morgan fingerprint density at radius 1 is 1.21 bits per heavy atom. The van der Waals surface area contributed by atoms with Gasteiger partial charge in [-0.2, -0.15) is 0 Å². The normalized spacial score (nSPS) is 25.2. The van der Waals surface area contributed by atoms with Crippen LogP contribution in [0.3, 0.4) is 0 Å². The molecular weight excluding hydrogens is 232 g/mol. The molecule has 19 heavy (non-hydrogen) atoms. The topological polar surface area (TPSA) is 20.2 Å². The van der Waals surface area contributed by atoms with Crippen molar-refractivity contribution in [1.82, 2.24) is 0 Å². The Bertz CT molecular complexity index is 385. The van der Waals surface area contributed by atoms with Gasteiger partial charge in [-0.25, -0.2) is 0 Å². The molecule has 106 valence electrons. The smallest absolute Gasteiger partial charge is 0.0574 e. The Labute approximate surface area is 118 Å². The Balaban J connectivity index is 1.90. The molecule has 0 saturated heterocycles. The minimum Gasteiger partial charge on any atom is -0.393 e. The molecule has 1 aliphatic carbocycles. The molecule has 0 bridgehead atoms. The van der Waals surface area contributed by atoms with E-state index in [1.54, 1.807) is 0 Å². The number of aliphatic hydroxyl groups excluding tert-OH is 1. The molecule has 1 aromatic rings. The van der Waals surface area contributed by atoms with Crippen molar-refractivity contribution in [1.29, 1.82) is 0 Å². The average molecular weight is 260 g/mol. The molecule has 1 heteroatoms. The van der Waals surface area contributed by atoms with Crippen LogP contribution in [-0.2, 0) is 6.42 Å². The maximum Gasteiger partial charge on any atom is 0.0574 e. The summed E-state index contributed by atoms with van der Waals surface area (Å²) in [6, 6.07) is 8.55. The molecular formula is C18H28O. The van der Waals surface area contributed by atoms with Gasteiger partial charge in [0.25, 0.3) is 0 Å². The van der Waals surface area contributed by atoms with Crippen LogP contribution in [0.15, 0.2) is 24.3 Å². The van der Waals surface area contributed by atoms with Gasteiger partial charge >= 0.3 is 0 Å². The van der Waals surface area contributed by atoms with E-state index in [1.165, 1.54) is 43.2 Å². The predicted molar refractivity (Wildman–Crippen MR) is 81.2 cm³/mol. The molecule has 0 aliphatic heterocycles. The summed E-state index contributed by atoms with van der Waals surface area (Å²) in [7, 11) is 0. The van der Waals surface area contributed by atoms with E-state index in [-0.39, 0.29) is 6.10 Å². The SMILES string of the molecule is CCC1CCCCC1C(O)CCc1ccccc1C. The monoisotopic (exact) mass is 260 g/mol. The molecule has 1 aliphatic rings. The van der Waals surface area contributed by atoms with Crippen LogP contribution in [0.2, 0.25) is 0 Å². The summed E-state index contributed by atoms with van der Waals surface area (Å²) in [6.45, 7) is 4.44. The molecule has 1 aromatic carbocycles. The van der Waals surface area contributed by atoms with Gasteiger partial charge in [-0.15, -0.1) is 0 Å². The molecule has 3 unspecified atom stereocenters. The summed E-state index contributed by atoms with van der Waals surface area (Å²) in [5.41, 5.74) is 2.75. The standard InChI is InChI=1S/C18H28O/c1-3-15-9-6-7-11-17(15)18(19)13-12-16-10-5-4-8-14(16)2/h4-5,8,10,15,17-19H,3,6-7,9,11-13H2,1-2H3. The lowest BCUT2D eigenvalue weighted by molar-refractivity contribution is 0.0403. The quantitative estimate of drug-likeness (QED) is 0.826. The van der Waals surface area contributed by atoms with Gasteiger partial charge in [-0.3, -0.25) is 0 Å². The van der Waals surface area contributed by atoms with E-state index >= 15 is 0 Å². The molecule has 0 amide bonds. The van der Waals surface area contributed by atoms with Gasteiger partial charge in [-0.05, 0) is 49.1 Å². The van der Waals surface area contributed by atoms with Gasteiger partial charge in [0.2, 0.25) is 0 Å². The Kier molecular flexibility index (Phi) is 5.45. The van der Waals surface area contributed by atoms with Gasteiger partial charge in [0.1, 0.15) is 0 Å². The number of hydrogen-bond acceptors (Lipinski definition) is 1. The van der Waals surface area contributed by atoms with E-state index in [9.17, 15) is 5.11 Å². The minimum atomic E-state index is -0.107. The van der Waals surface area contributed by atoms with Crippen molar-refractivity contribution < 1.29 is 5.11 Å². The van der Waals surface area contributed by atoms with Crippen LogP contribution >= 0.6 is 0 Å². The molecule has 3 atom stereocenters. The van der Waals surface area contributed by atoms with Crippen LogP contribution in [0.1, 0.15) is 56.6 Å². The van der Waals surface area contributed by atoms with Gasteiger partial charge < -0.3 is 5.11 Å². The number of hydrogen-bond donors (Lipinski definition) is 1. The molecule has 0 spiro atoms. The molecule has 2 rings (SSSR count). The van der Waals surface area contributed by atoms with Crippen molar-refractivity contribution in [3.63, 3.8) is 0 Å². The van der Waals surface area contributed by atoms with Gasteiger partial charge in [0.05, 0.1) is 6.10 Å². The number of aliphatic hydroxyl groups is 1. The lowest BCUT2D eigenvalue weighted by Gasteiger charge is -2.34. The van der Waals surface area contributed by atoms with Crippen LogP contribution < -0.4 is 0 Å². The highest BCUT2D eigenvalue weighted by molar-refractivity contribution is 5.25. The first kappa shape index (κ1) is 14.6. The summed E-state index contributed by atoms with van der Waals surface area (Å²) in [5, 5.41) is 10.5. The van der Waals surface area contributed by atoms with E-state index in [2.05, 4.69) is 38.1 Å². The summed E-state index contributed by atoms with van der Waals surface area (Å²) < 4.78 is 0. The summed E-state index contributed by atoms with van der Waals surface area (Å²) in [6.07, 6.45) is 8.28. The van der Waals surface area contributed by atoms with E-state index in [4.69, 9.17) is 0 Å². The molecule has 1 N–H and O–H groups in total. The number of rotatable bonds is 5. The number of aryl methyl sites for hydroxylation is 2. The van der Waals surface area contributed by atoms with E-state index in [1.807, 2.05) is 0 Å². The lowest BCUT2D eigenvalue weighted by Crippen LogP contribution is -2.30. The third kappa shape index (κ3) is 3.82. The fourth-order valence-electron chi connectivity index (χ4n) is 3.66. The first-order valence-electron chi connectivity index (χ1n) is 7.95. The Morgan fingerprint density at radius 3 is 2.68 bits per heavy atom. The second-order valence-corrected chi connectivity index (χ2v) is 6.15.